The topological polar surface area (TPSA) is 117 Å². The molecule has 0 unspecified atom stereocenters. The lowest BCUT2D eigenvalue weighted by molar-refractivity contribution is -0.525. The van der Waals surface area contributed by atoms with E-state index in [9.17, 15) is 10.1 Å². The van der Waals surface area contributed by atoms with Crippen LogP contribution in [-0.4, -0.2) is 16.5 Å². The van der Waals surface area contributed by atoms with Crippen molar-refractivity contribution in [2.24, 2.45) is 5.73 Å². The molecule has 0 aliphatic rings. The Morgan fingerprint density at radius 1 is 1.44 bits per heavy atom. The second-order valence-electron chi connectivity index (χ2n) is 4.73. The molecule has 0 heterocycles. The van der Waals surface area contributed by atoms with E-state index in [4.69, 9.17) is 11.1 Å². The molecule has 1 aromatic carbocycles. The monoisotopic (exact) mass is 251 g/mol. The summed E-state index contributed by atoms with van der Waals surface area (Å²) < 4.78 is 0. The van der Waals surface area contributed by atoms with Crippen molar-refractivity contribution in [1.82, 2.24) is 5.43 Å². The molecule has 0 aromatic heterocycles. The quantitative estimate of drug-likeness (QED) is 0.276. The van der Waals surface area contributed by atoms with Crippen LogP contribution >= 0.6 is 0 Å². The van der Waals surface area contributed by atoms with Crippen molar-refractivity contribution < 1.29 is 5.03 Å². The SMILES string of the molecule is CC(C)(N)Cc1ccc(NC(=N)N[N+](=O)[O-])cc1. The fourth-order valence-corrected chi connectivity index (χ4v) is 1.50. The van der Waals surface area contributed by atoms with E-state index < -0.39 is 5.03 Å². The number of hydrogen-bond donors (Lipinski definition) is 4. The van der Waals surface area contributed by atoms with Crippen LogP contribution in [0.1, 0.15) is 19.4 Å². The van der Waals surface area contributed by atoms with E-state index in [1.54, 1.807) is 17.6 Å². The highest BCUT2D eigenvalue weighted by molar-refractivity contribution is 5.90. The van der Waals surface area contributed by atoms with Gasteiger partial charge in [-0.15, -0.1) is 0 Å². The van der Waals surface area contributed by atoms with Crippen LogP contribution in [0.2, 0.25) is 0 Å². The molecule has 0 saturated carbocycles. The number of benzene rings is 1. The van der Waals surface area contributed by atoms with Crippen LogP contribution < -0.4 is 16.5 Å². The van der Waals surface area contributed by atoms with Crippen molar-refractivity contribution in [3.05, 3.63) is 39.9 Å². The Bertz CT molecular complexity index is 436. The van der Waals surface area contributed by atoms with Crippen LogP contribution in [0.25, 0.3) is 0 Å². The largest absolute Gasteiger partial charge is 0.325 e. The normalized spacial score (nSPS) is 10.8. The average Bonchev–Trinajstić information content (AvgIpc) is 2.17. The fraction of sp³-hybridized carbons (Fsp3) is 0.364. The van der Waals surface area contributed by atoms with Gasteiger partial charge in [-0.25, -0.2) is 10.1 Å². The Morgan fingerprint density at radius 2 is 2.00 bits per heavy atom. The van der Waals surface area contributed by atoms with Crippen LogP contribution in [0.3, 0.4) is 0 Å². The average molecular weight is 251 g/mol. The zero-order valence-corrected chi connectivity index (χ0v) is 10.4. The first kappa shape index (κ1) is 13.9. The maximum Gasteiger partial charge on any atom is 0.255 e. The molecule has 0 aliphatic heterocycles. The number of nitro groups is 1. The molecule has 1 rings (SSSR count). The highest BCUT2D eigenvalue weighted by atomic mass is 16.7. The van der Waals surface area contributed by atoms with Crippen LogP contribution in [0.4, 0.5) is 5.69 Å². The molecule has 7 nitrogen and oxygen atoms in total. The molecular weight excluding hydrogens is 234 g/mol. The summed E-state index contributed by atoms with van der Waals surface area (Å²) >= 11 is 0. The van der Waals surface area contributed by atoms with E-state index in [0.29, 0.717) is 5.69 Å². The van der Waals surface area contributed by atoms with Crippen LogP contribution in [0.5, 0.6) is 0 Å². The van der Waals surface area contributed by atoms with Gasteiger partial charge in [-0.05, 0) is 38.0 Å². The Balaban J connectivity index is 2.60. The molecule has 0 atom stereocenters. The lowest BCUT2D eigenvalue weighted by atomic mass is 9.96. The molecule has 0 fully saturated rings. The molecule has 98 valence electrons. The molecule has 0 radical (unpaired) electrons. The van der Waals surface area contributed by atoms with Crippen LogP contribution in [0, 0.1) is 15.5 Å². The third-order valence-electron chi connectivity index (χ3n) is 2.09. The minimum atomic E-state index is -0.791. The molecule has 0 spiro atoms. The van der Waals surface area contributed by atoms with Gasteiger partial charge in [0.15, 0.2) is 5.03 Å². The van der Waals surface area contributed by atoms with Gasteiger partial charge in [-0.3, -0.25) is 5.41 Å². The van der Waals surface area contributed by atoms with Crippen molar-refractivity contribution in [3.63, 3.8) is 0 Å². The summed E-state index contributed by atoms with van der Waals surface area (Å²) in [6.07, 6.45) is 0.734. The number of nitrogens with zero attached hydrogens (tertiary/aromatic N) is 1. The lowest BCUT2D eigenvalue weighted by Gasteiger charge is -2.18. The summed E-state index contributed by atoms with van der Waals surface area (Å²) in [7, 11) is 0. The number of guanidine groups is 1. The third kappa shape index (κ3) is 5.26. The van der Waals surface area contributed by atoms with Crippen LogP contribution in [0.15, 0.2) is 24.3 Å². The summed E-state index contributed by atoms with van der Waals surface area (Å²) in [4.78, 5) is 10.1. The van der Waals surface area contributed by atoms with Crippen LogP contribution in [-0.2, 0) is 6.42 Å². The number of rotatable bonds is 4. The number of nitrogens with two attached hydrogens (primary N) is 1. The minimum Gasteiger partial charge on any atom is -0.325 e. The zero-order chi connectivity index (χ0) is 13.8. The maximum absolute atomic E-state index is 10.1. The molecule has 7 heteroatoms. The van der Waals surface area contributed by atoms with Crippen molar-refractivity contribution in [2.75, 3.05) is 5.32 Å². The van der Waals surface area contributed by atoms with Crippen molar-refractivity contribution >= 4 is 11.6 Å². The predicted octanol–water partition coefficient (Wildman–Crippen LogP) is 1.09. The van der Waals surface area contributed by atoms with E-state index in [1.807, 2.05) is 26.0 Å². The lowest BCUT2D eigenvalue weighted by Crippen LogP contribution is -2.34. The molecule has 1 aromatic rings. The van der Waals surface area contributed by atoms with E-state index in [0.717, 1.165) is 12.0 Å². The second-order valence-corrected chi connectivity index (χ2v) is 4.73. The Hall–Kier alpha value is -2.15. The van der Waals surface area contributed by atoms with Gasteiger partial charge in [0.2, 0.25) is 0 Å². The Kier molecular flexibility index (Phi) is 4.22. The smallest absolute Gasteiger partial charge is 0.255 e. The van der Waals surface area contributed by atoms with Gasteiger partial charge in [0, 0.05) is 11.2 Å². The summed E-state index contributed by atoms with van der Waals surface area (Å²) in [5.41, 5.74) is 9.02. The Labute approximate surface area is 105 Å². The van der Waals surface area contributed by atoms with Gasteiger partial charge in [-0.2, -0.15) is 0 Å². The summed E-state index contributed by atoms with van der Waals surface area (Å²) in [5, 5.41) is 19.2. The molecule has 0 aliphatic carbocycles. The van der Waals surface area contributed by atoms with Gasteiger partial charge in [0.25, 0.3) is 5.96 Å². The summed E-state index contributed by atoms with van der Waals surface area (Å²) in [6.45, 7) is 3.88. The first-order valence-corrected chi connectivity index (χ1v) is 5.41. The zero-order valence-electron chi connectivity index (χ0n) is 10.4. The number of nitrogens with one attached hydrogen (secondary N) is 3. The first-order chi connectivity index (χ1) is 8.26. The molecular formula is C11H17N5O2. The molecule has 18 heavy (non-hydrogen) atoms. The van der Waals surface area contributed by atoms with E-state index in [-0.39, 0.29) is 11.5 Å². The fourth-order valence-electron chi connectivity index (χ4n) is 1.50. The number of hydrazine groups is 1. The maximum atomic E-state index is 10.1. The number of anilines is 1. The van der Waals surface area contributed by atoms with E-state index in [2.05, 4.69) is 5.32 Å². The van der Waals surface area contributed by atoms with Gasteiger partial charge in [-0.1, -0.05) is 17.6 Å². The number of hydrogen-bond acceptors (Lipinski definition) is 4. The third-order valence-corrected chi connectivity index (χ3v) is 2.09. The van der Waals surface area contributed by atoms with Gasteiger partial charge < -0.3 is 11.1 Å². The van der Waals surface area contributed by atoms with E-state index in [1.165, 1.54) is 0 Å². The van der Waals surface area contributed by atoms with Gasteiger partial charge in [0.05, 0.1) is 0 Å². The Morgan fingerprint density at radius 3 is 2.44 bits per heavy atom. The molecule has 0 bridgehead atoms. The first-order valence-electron chi connectivity index (χ1n) is 5.41. The summed E-state index contributed by atoms with van der Waals surface area (Å²) in [5.74, 6) is -0.382. The van der Waals surface area contributed by atoms with Crippen molar-refractivity contribution in [3.8, 4) is 0 Å². The summed E-state index contributed by atoms with van der Waals surface area (Å²) in [6, 6.07) is 7.24. The second kappa shape index (κ2) is 5.46. The highest BCUT2D eigenvalue weighted by Crippen LogP contribution is 2.13. The van der Waals surface area contributed by atoms with Gasteiger partial charge in [0.1, 0.15) is 0 Å². The molecule has 0 amide bonds. The molecule has 5 N–H and O–H groups in total. The van der Waals surface area contributed by atoms with E-state index >= 15 is 0 Å². The van der Waals surface area contributed by atoms with Crippen molar-refractivity contribution in [1.29, 1.82) is 5.41 Å². The van der Waals surface area contributed by atoms with Gasteiger partial charge >= 0.3 is 0 Å². The van der Waals surface area contributed by atoms with Crippen molar-refractivity contribution in [2.45, 2.75) is 25.8 Å². The minimum absolute atomic E-state index is 0.283. The molecule has 0 saturated heterocycles. The highest BCUT2D eigenvalue weighted by Gasteiger charge is 2.11. The predicted molar refractivity (Wildman–Crippen MR) is 69.9 cm³/mol. The standard InChI is InChI=1S/C11H17N5O2/c1-11(2,13)7-8-3-5-9(6-4-8)14-10(12)15-16(17)18/h3-6H,7,13H2,1-2H3,(H3,12,14,15).